The van der Waals surface area contributed by atoms with Crippen LogP contribution in [0.5, 0.6) is 0 Å². The zero-order valence-corrected chi connectivity index (χ0v) is 26.2. The van der Waals surface area contributed by atoms with Crippen LogP contribution >= 0.6 is 23.5 Å². The van der Waals surface area contributed by atoms with Crippen LogP contribution in [-0.2, 0) is 38.7 Å². The Labute approximate surface area is 271 Å². The molecule has 24 heteroatoms. The van der Waals surface area contributed by atoms with Gasteiger partial charge in [-0.1, -0.05) is 0 Å². The molecule has 2 atom stereocenters. The van der Waals surface area contributed by atoms with Crippen molar-refractivity contribution >= 4 is 51.5 Å². The quantitative estimate of drug-likeness (QED) is 0.131. The predicted molar refractivity (Wildman–Crippen MR) is 137 cm³/mol. The number of carbonyl (C=O) groups excluding carboxylic acids is 3. The average Bonchev–Trinajstić information content (AvgIpc) is 2.94. The number of alkyl halides is 12. The lowest BCUT2D eigenvalue weighted by atomic mass is 9.49. The number of halogens is 12. The fourth-order valence-corrected chi connectivity index (χ4v) is 11.0. The number of esters is 3. The highest BCUT2D eigenvalue weighted by molar-refractivity contribution is 8.18. The van der Waals surface area contributed by atoms with Gasteiger partial charge >= 0.3 is 57.5 Å². The van der Waals surface area contributed by atoms with Crippen molar-refractivity contribution in [2.75, 3.05) is 31.3 Å². The highest BCUT2D eigenvalue weighted by Gasteiger charge is 2.69. The third-order valence-electron chi connectivity index (χ3n) is 8.96. The van der Waals surface area contributed by atoms with Crippen molar-refractivity contribution in [2.24, 2.45) is 28.6 Å². The van der Waals surface area contributed by atoms with Gasteiger partial charge in [-0.25, -0.2) is 9.59 Å². The Kier molecular flexibility index (Phi) is 9.87. The summed E-state index contributed by atoms with van der Waals surface area (Å²) in [4.78, 5) is 36.4. The summed E-state index contributed by atoms with van der Waals surface area (Å²) >= 11 is 1.89. The molecule has 1 saturated heterocycles. The molecule has 48 heavy (non-hydrogen) atoms. The molecule has 0 aromatic carbocycles. The molecule has 0 amide bonds. The van der Waals surface area contributed by atoms with E-state index in [0.29, 0.717) is 12.8 Å². The average molecular weight is 781 g/mol. The number of rotatable bonds is 10. The van der Waals surface area contributed by atoms with Gasteiger partial charge in [-0.05, 0) is 49.9 Å². The van der Waals surface area contributed by atoms with Gasteiger partial charge in [-0.15, -0.1) is 23.5 Å². The van der Waals surface area contributed by atoms with Crippen LogP contribution in [0.15, 0.2) is 0 Å². The summed E-state index contributed by atoms with van der Waals surface area (Å²) < 4.78 is 200. The summed E-state index contributed by atoms with van der Waals surface area (Å²) in [7, 11) is -5.91. The van der Waals surface area contributed by atoms with Crippen LogP contribution in [0.2, 0.25) is 0 Å². The predicted octanol–water partition coefficient (Wildman–Crippen LogP) is 5.48. The van der Waals surface area contributed by atoms with Crippen molar-refractivity contribution in [2.45, 2.75) is 65.6 Å². The van der Waals surface area contributed by atoms with E-state index in [4.69, 9.17) is 4.55 Å². The van der Waals surface area contributed by atoms with Crippen molar-refractivity contribution in [3.05, 3.63) is 0 Å². The van der Waals surface area contributed by atoms with E-state index in [0.717, 1.165) is 23.5 Å². The lowest BCUT2D eigenvalue weighted by Crippen LogP contribution is -2.62. The molecule has 1 heterocycles. The normalized spacial score (nSPS) is 28.6. The number of thioether (sulfide) groups is 2. The van der Waals surface area contributed by atoms with Crippen molar-refractivity contribution in [3.63, 3.8) is 0 Å². The van der Waals surface area contributed by atoms with E-state index in [2.05, 4.69) is 14.2 Å². The molecule has 5 rings (SSSR count). The zero-order chi connectivity index (χ0) is 36.6. The van der Waals surface area contributed by atoms with Crippen molar-refractivity contribution in [1.29, 1.82) is 0 Å². The number of carbonyl (C=O) groups is 3. The minimum absolute atomic E-state index is 0.0110. The molecule has 1 aliphatic heterocycles. The topological polar surface area (TPSA) is 133 Å². The summed E-state index contributed by atoms with van der Waals surface area (Å²) in [5, 5.41) is -4.80. The minimum atomic E-state index is -6.40. The fraction of sp³-hybridized carbons (Fsp3) is 0.875. The standard InChI is InChI=1S/C24H24F12O9S3/c25-19(26,48(40,41)42)8-45-14(37)18-3-11-1-12(4-18)20(13(2-11)5-18)46-9-17(10-47-20,6-43-15(38)21(27,28)23(31,32)33)7-44-16(39)22(29,30)24(34,35)36/h11-13H,1-10H2,(H,40,41,42). The third kappa shape index (κ3) is 6.79. The van der Waals surface area contributed by atoms with Crippen LogP contribution < -0.4 is 0 Å². The summed E-state index contributed by atoms with van der Waals surface area (Å²) in [6, 6.07) is 0. The molecule has 4 saturated carbocycles. The monoisotopic (exact) mass is 780 g/mol. The van der Waals surface area contributed by atoms with Gasteiger partial charge in [0.05, 0.1) is 14.9 Å². The van der Waals surface area contributed by atoms with E-state index in [9.17, 15) is 75.5 Å². The smallest absolute Gasteiger partial charge is 0.460 e. The molecule has 9 nitrogen and oxygen atoms in total. The van der Waals surface area contributed by atoms with Crippen LogP contribution in [0.3, 0.4) is 0 Å². The number of hydrogen-bond acceptors (Lipinski definition) is 10. The number of ether oxygens (including phenoxy) is 3. The number of hydrogen-bond donors (Lipinski definition) is 1. The van der Waals surface area contributed by atoms with Crippen LogP contribution in [-0.4, -0.2) is 95.7 Å². The first-order chi connectivity index (χ1) is 21.5. The minimum Gasteiger partial charge on any atom is -0.460 e. The van der Waals surface area contributed by atoms with E-state index in [1.54, 1.807) is 0 Å². The Morgan fingerprint density at radius 2 is 1.12 bits per heavy atom. The summed E-state index contributed by atoms with van der Waals surface area (Å²) in [6.45, 7) is -4.81. The molecule has 5 aliphatic rings. The highest BCUT2D eigenvalue weighted by Crippen LogP contribution is 2.72. The molecular formula is C24H24F12O9S3. The van der Waals surface area contributed by atoms with E-state index in [1.807, 2.05) is 0 Å². The Morgan fingerprint density at radius 3 is 1.50 bits per heavy atom. The van der Waals surface area contributed by atoms with Crippen molar-refractivity contribution in [1.82, 2.24) is 0 Å². The van der Waals surface area contributed by atoms with Crippen LogP contribution in [0.1, 0.15) is 32.1 Å². The van der Waals surface area contributed by atoms with Crippen molar-refractivity contribution in [3.8, 4) is 0 Å². The van der Waals surface area contributed by atoms with E-state index in [-0.39, 0.29) is 25.2 Å². The Morgan fingerprint density at radius 1 is 0.708 bits per heavy atom. The van der Waals surface area contributed by atoms with Gasteiger partial charge in [-0.2, -0.15) is 61.1 Å². The van der Waals surface area contributed by atoms with Crippen LogP contribution in [0, 0.1) is 28.6 Å². The van der Waals surface area contributed by atoms with E-state index >= 15 is 0 Å². The summed E-state index contributed by atoms with van der Waals surface area (Å²) in [5.74, 6) is -21.5. The Hall–Kier alpha value is -1.82. The van der Waals surface area contributed by atoms with Gasteiger partial charge in [0.15, 0.2) is 6.61 Å². The van der Waals surface area contributed by atoms with Gasteiger partial charge in [0.1, 0.15) is 13.2 Å². The van der Waals surface area contributed by atoms with Gasteiger partial charge in [-0.3, -0.25) is 9.35 Å². The van der Waals surface area contributed by atoms with Gasteiger partial charge in [0.2, 0.25) is 0 Å². The molecule has 1 N–H and O–H groups in total. The van der Waals surface area contributed by atoms with E-state index < -0.39 is 116 Å². The molecule has 4 bridgehead atoms. The molecule has 0 radical (unpaired) electrons. The van der Waals surface area contributed by atoms with Crippen molar-refractivity contribution < 1.29 is 94.2 Å². The molecule has 0 aromatic heterocycles. The molecular weight excluding hydrogens is 756 g/mol. The maximum Gasteiger partial charge on any atom is 0.465 e. The van der Waals surface area contributed by atoms with Gasteiger partial charge < -0.3 is 14.2 Å². The first-order valence-corrected chi connectivity index (χ1v) is 17.0. The molecule has 276 valence electrons. The highest BCUT2D eigenvalue weighted by atomic mass is 32.2. The second kappa shape index (κ2) is 12.2. The first kappa shape index (κ1) is 39.0. The summed E-state index contributed by atoms with van der Waals surface area (Å²) in [6.07, 6.45) is -11.8. The SMILES string of the molecule is O=C(OCC(F)(F)S(=O)(=O)O)C12CC3CC(C1)C1(SCC(COC(=O)C(F)(F)C(F)(F)F)(COC(=O)C(F)(F)C(F)(F)F)CS1)C(C3)C2. The maximum absolute atomic E-state index is 13.7. The Bertz CT molecular complexity index is 1350. The lowest BCUT2D eigenvalue weighted by Gasteiger charge is -2.65. The van der Waals surface area contributed by atoms with Gasteiger partial charge in [0.25, 0.3) is 0 Å². The molecule has 5 fully saturated rings. The third-order valence-corrected chi connectivity index (χ3v) is 14.3. The maximum atomic E-state index is 13.7. The van der Waals surface area contributed by atoms with E-state index in [1.165, 1.54) is 0 Å². The zero-order valence-electron chi connectivity index (χ0n) is 23.8. The molecule has 4 aliphatic carbocycles. The second-order valence-corrected chi connectivity index (χ2v) is 16.7. The largest absolute Gasteiger partial charge is 0.465 e. The lowest BCUT2D eigenvalue weighted by molar-refractivity contribution is -0.282. The molecule has 2 unspecified atom stereocenters. The summed E-state index contributed by atoms with van der Waals surface area (Å²) in [5.41, 5.74) is -3.41. The fourth-order valence-electron chi connectivity index (χ4n) is 6.70. The van der Waals surface area contributed by atoms with Gasteiger partial charge in [0, 0.05) is 11.5 Å². The second-order valence-electron chi connectivity index (χ2n) is 12.4. The van der Waals surface area contributed by atoms with Crippen LogP contribution in [0.4, 0.5) is 52.7 Å². The molecule has 1 spiro atoms. The molecule has 0 aromatic rings. The Balaban J connectivity index is 1.52. The van der Waals surface area contributed by atoms with Crippen LogP contribution in [0.25, 0.3) is 0 Å². The first-order valence-electron chi connectivity index (χ1n) is 13.6.